The SMILES string of the molecule is O[C@@H]1CO[C@H]2[C@@H]1OC[C@H]2Oc1nc2nc(-c3ccc(-c4ccn[nH]4)cc3)c(Cl)cc2[nH]1. The second-order valence-corrected chi connectivity index (χ2v) is 8.01. The molecule has 0 saturated carbocycles. The lowest BCUT2D eigenvalue weighted by atomic mass is 10.1. The van der Waals surface area contributed by atoms with E-state index in [9.17, 15) is 5.11 Å². The van der Waals surface area contributed by atoms with Crippen LogP contribution in [0, 0.1) is 0 Å². The van der Waals surface area contributed by atoms with E-state index in [0.717, 1.165) is 16.8 Å². The van der Waals surface area contributed by atoms with E-state index in [-0.39, 0.29) is 24.9 Å². The van der Waals surface area contributed by atoms with E-state index in [0.29, 0.717) is 34.5 Å². The fourth-order valence-electron chi connectivity index (χ4n) is 4.07. The standard InChI is InChI=1S/C21H18ClN5O4/c22-12-7-14-20(25-17(12)11-3-1-10(2-4-11)13-5-6-23-27-13)26-21(24-14)31-16-9-30-18-15(28)8-29-19(16)18/h1-7,15-16,18-19,28H,8-9H2,(H,23,27)(H,24,25,26)/t15-,16-,18-,19-/m1/s1. The molecule has 0 radical (unpaired) electrons. The zero-order valence-electron chi connectivity index (χ0n) is 16.2. The van der Waals surface area contributed by atoms with Gasteiger partial charge >= 0.3 is 0 Å². The maximum absolute atomic E-state index is 9.88. The molecule has 0 aliphatic carbocycles. The van der Waals surface area contributed by atoms with Crippen LogP contribution < -0.4 is 4.74 Å². The van der Waals surface area contributed by atoms with Crippen molar-refractivity contribution in [3.8, 4) is 28.5 Å². The predicted octanol–water partition coefficient (Wildman–Crippen LogP) is 2.57. The molecule has 2 saturated heterocycles. The molecule has 2 aliphatic rings. The van der Waals surface area contributed by atoms with E-state index >= 15 is 0 Å². The smallest absolute Gasteiger partial charge is 0.296 e. The van der Waals surface area contributed by atoms with E-state index in [2.05, 4.69) is 25.1 Å². The number of aromatic amines is 2. The molecule has 1 aromatic carbocycles. The maximum atomic E-state index is 9.88. The van der Waals surface area contributed by atoms with Gasteiger partial charge in [-0.15, -0.1) is 0 Å². The minimum absolute atomic E-state index is 0.245. The summed E-state index contributed by atoms with van der Waals surface area (Å²) in [5.41, 5.74) is 4.63. The van der Waals surface area contributed by atoms with E-state index in [1.165, 1.54) is 0 Å². The topological polar surface area (TPSA) is 118 Å². The van der Waals surface area contributed by atoms with Crippen LogP contribution in [0.15, 0.2) is 42.6 Å². The molecule has 0 unspecified atom stereocenters. The average Bonchev–Trinajstić information content (AvgIpc) is 3.55. The molecule has 6 rings (SSSR count). The number of aliphatic hydroxyl groups is 1. The summed E-state index contributed by atoms with van der Waals surface area (Å²) in [7, 11) is 0. The van der Waals surface area contributed by atoms with Gasteiger partial charge in [0, 0.05) is 11.8 Å². The third kappa shape index (κ3) is 3.26. The minimum atomic E-state index is -0.628. The van der Waals surface area contributed by atoms with Gasteiger partial charge in [-0.05, 0) is 17.7 Å². The molecule has 3 aromatic heterocycles. The molecule has 2 aliphatic heterocycles. The number of fused-ring (bicyclic) bond motifs is 2. The Morgan fingerprint density at radius 3 is 2.65 bits per heavy atom. The van der Waals surface area contributed by atoms with Gasteiger partial charge in [0.25, 0.3) is 6.01 Å². The Bertz CT molecular complexity index is 1230. The van der Waals surface area contributed by atoms with Crippen LogP contribution in [0.25, 0.3) is 33.7 Å². The number of nitrogens with one attached hydrogen (secondary N) is 2. The van der Waals surface area contributed by atoms with Gasteiger partial charge in [-0.3, -0.25) is 5.10 Å². The predicted molar refractivity (Wildman–Crippen MR) is 112 cm³/mol. The zero-order chi connectivity index (χ0) is 20.9. The molecule has 2 fully saturated rings. The molecule has 0 spiro atoms. The van der Waals surface area contributed by atoms with Gasteiger partial charge in [0.05, 0.1) is 35.1 Å². The second-order valence-electron chi connectivity index (χ2n) is 7.60. The molecule has 0 amide bonds. The van der Waals surface area contributed by atoms with Gasteiger partial charge in [0.2, 0.25) is 0 Å². The number of rotatable bonds is 4. The highest BCUT2D eigenvalue weighted by Gasteiger charge is 2.48. The van der Waals surface area contributed by atoms with E-state index in [1.54, 1.807) is 12.3 Å². The van der Waals surface area contributed by atoms with Gasteiger partial charge < -0.3 is 24.3 Å². The quantitative estimate of drug-likeness (QED) is 0.447. The summed E-state index contributed by atoms with van der Waals surface area (Å²) < 4.78 is 17.1. The van der Waals surface area contributed by atoms with Crippen molar-refractivity contribution in [2.75, 3.05) is 13.2 Å². The summed E-state index contributed by atoms with van der Waals surface area (Å²) in [5, 5.41) is 17.3. The lowest BCUT2D eigenvalue weighted by molar-refractivity contribution is 0.00706. The lowest BCUT2D eigenvalue weighted by Gasteiger charge is -2.15. The number of imidazole rings is 1. The Labute approximate surface area is 181 Å². The summed E-state index contributed by atoms with van der Waals surface area (Å²) in [6, 6.07) is 11.9. The number of benzene rings is 1. The number of aliphatic hydroxyl groups excluding tert-OH is 1. The Morgan fingerprint density at radius 1 is 1.03 bits per heavy atom. The van der Waals surface area contributed by atoms with Gasteiger partial charge in [0.15, 0.2) is 11.8 Å². The third-order valence-electron chi connectivity index (χ3n) is 5.62. The molecule has 4 aromatic rings. The van der Waals surface area contributed by atoms with Gasteiger partial charge in [-0.25, -0.2) is 4.98 Å². The maximum Gasteiger partial charge on any atom is 0.296 e. The summed E-state index contributed by atoms with van der Waals surface area (Å²) >= 11 is 6.51. The van der Waals surface area contributed by atoms with Crippen LogP contribution in [-0.4, -0.2) is 67.9 Å². The van der Waals surface area contributed by atoms with Crippen molar-refractivity contribution >= 4 is 22.8 Å². The normalized spacial score (nSPS) is 25.2. The number of ether oxygens (including phenoxy) is 3. The van der Waals surface area contributed by atoms with Crippen LogP contribution in [0.4, 0.5) is 0 Å². The van der Waals surface area contributed by atoms with Crippen LogP contribution in [0.3, 0.4) is 0 Å². The molecular formula is C21H18ClN5O4. The third-order valence-corrected chi connectivity index (χ3v) is 5.91. The molecule has 158 valence electrons. The molecule has 5 heterocycles. The summed E-state index contributed by atoms with van der Waals surface area (Å²) in [6.07, 6.45) is 0.0534. The highest BCUT2D eigenvalue weighted by molar-refractivity contribution is 6.33. The second kappa shape index (κ2) is 7.31. The molecule has 10 heteroatoms. The minimum Gasteiger partial charge on any atom is -0.456 e. The van der Waals surface area contributed by atoms with Gasteiger partial charge in [-0.1, -0.05) is 35.9 Å². The van der Waals surface area contributed by atoms with Crippen molar-refractivity contribution in [2.24, 2.45) is 0 Å². The summed E-state index contributed by atoms with van der Waals surface area (Å²) in [6.45, 7) is 0.570. The fourth-order valence-corrected chi connectivity index (χ4v) is 4.33. The Hall–Kier alpha value is -2.98. The highest BCUT2D eigenvalue weighted by atomic mass is 35.5. The van der Waals surface area contributed by atoms with Crippen molar-refractivity contribution in [1.29, 1.82) is 0 Å². The van der Waals surface area contributed by atoms with Gasteiger partial charge in [-0.2, -0.15) is 10.1 Å². The first-order valence-electron chi connectivity index (χ1n) is 9.90. The largest absolute Gasteiger partial charge is 0.456 e. The zero-order valence-corrected chi connectivity index (χ0v) is 16.9. The highest BCUT2D eigenvalue weighted by Crippen LogP contribution is 2.32. The number of hydrogen-bond donors (Lipinski definition) is 3. The van der Waals surface area contributed by atoms with Crippen LogP contribution in [0.2, 0.25) is 5.02 Å². The molecular weight excluding hydrogens is 422 g/mol. The average molecular weight is 440 g/mol. The van der Waals surface area contributed by atoms with Crippen molar-refractivity contribution < 1.29 is 19.3 Å². The van der Waals surface area contributed by atoms with E-state index < -0.39 is 6.10 Å². The van der Waals surface area contributed by atoms with Crippen molar-refractivity contribution in [3.63, 3.8) is 0 Å². The molecule has 4 atom stereocenters. The van der Waals surface area contributed by atoms with E-state index in [1.807, 2.05) is 30.3 Å². The number of pyridine rings is 1. The number of halogens is 1. The first kappa shape index (κ1) is 18.8. The molecule has 3 N–H and O–H groups in total. The van der Waals surface area contributed by atoms with Gasteiger partial charge in [0.1, 0.15) is 18.3 Å². The number of H-pyrrole nitrogens is 2. The van der Waals surface area contributed by atoms with Crippen LogP contribution in [0.1, 0.15) is 0 Å². The van der Waals surface area contributed by atoms with Crippen LogP contribution in [0.5, 0.6) is 6.01 Å². The summed E-state index contributed by atoms with van der Waals surface area (Å²) in [5.74, 6) is 0. The number of aromatic nitrogens is 5. The van der Waals surface area contributed by atoms with Crippen molar-refractivity contribution in [3.05, 3.63) is 47.6 Å². The fraction of sp³-hybridized carbons (Fsp3) is 0.286. The molecule has 0 bridgehead atoms. The lowest BCUT2D eigenvalue weighted by Crippen LogP contribution is -2.34. The molecule has 31 heavy (non-hydrogen) atoms. The number of hydrogen-bond acceptors (Lipinski definition) is 7. The molecule has 9 nitrogen and oxygen atoms in total. The first-order chi connectivity index (χ1) is 15.2. The monoisotopic (exact) mass is 439 g/mol. The van der Waals surface area contributed by atoms with E-state index in [4.69, 9.17) is 25.8 Å². The van der Waals surface area contributed by atoms with Crippen molar-refractivity contribution in [1.82, 2.24) is 25.1 Å². The van der Waals surface area contributed by atoms with Crippen LogP contribution >= 0.6 is 11.6 Å². The Morgan fingerprint density at radius 2 is 1.84 bits per heavy atom. The Kier molecular flexibility index (Phi) is 4.43. The van der Waals surface area contributed by atoms with Crippen LogP contribution in [-0.2, 0) is 9.47 Å². The number of nitrogens with zero attached hydrogens (tertiary/aromatic N) is 3. The Balaban J connectivity index is 1.27. The summed E-state index contributed by atoms with van der Waals surface area (Å²) in [4.78, 5) is 12.2. The van der Waals surface area contributed by atoms with Crippen molar-refractivity contribution in [2.45, 2.75) is 24.4 Å². The first-order valence-corrected chi connectivity index (χ1v) is 10.3.